The molecular formula is C11H13NO3. The number of hydrogen-bond donors (Lipinski definition) is 2. The maximum Gasteiger partial charge on any atom is 0.328 e. The number of carboxylic acids is 1. The van der Waals surface area contributed by atoms with Gasteiger partial charge in [-0.25, -0.2) is 4.79 Å². The van der Waals surface area contributed by atoms with E-state index < -0.39 is 11.5 Å². The Hall–Kier alpha value is -1.84. The predicted octanol–water partition coefficient (Wildman–Crippen LogP) is 1.02. The molecule has 0 radical (unpaired) electrons. The van der Waals surface area contributed by atoms with E-state index in [9.17, 15) is 9.59 Å². The molecule has 0 aliphatic heterocycles. The SMILES string of the molecule is CC(=O)NC1(/C=C/C(=O)O)C=CC=CC1. The van der Waals surface area contributed by atoms with E-state index >= 15 is 0 Å². The summed E-state index contributed by atoms with van der Waals surface area (Å²) >= 11 is 0. The third-order valence-electron chi connectivity index (χ3n) is 2.03. The smallest absolute Gasteiger partial charge is 0.328 e. The second kappa shape index (κ2) is 4.59. The molecule has 80 valence electrons. The van der Waals surface area contributed by atoms with Crippen molar-refractivity contribution in [1.29, 1.82) is 0 Å². The molecule has 0 saturated heterocycles. The van der Waals surface area contributed by atoms with Crippen molar-refractivity contribution >= 4 is 11.9 Å². The molecule has 0 bridgehead atoms. The lowest BCUT2D eigenvalue weighted by atomic mass is 9.90. The van der Waals surface area contributed by atoms with Gasteiger partial charge < -0.3 is 10.4 Å². The average molecular weight is 207 g/mol. The summed E-state index contributed by atoms with van der Waals surface area (Å²) in [5.41, 5.74) is -0.695. The maximum atomic E-state index is 11.0. The van der Waals surface area contributed by atoms with Crippen LogP contribution in [0, 0.1) is 0 Å². The van der Waals surface area contributed by atoms with Crippen molar-refractivity contribution in [3.8, 4) is 0 Å². The highest BCUT2D eigenvalue weighted by atomic mass is 16.4. The Morgan fingerprint density at radius 2 is 2.20 bits per heavy atom. The van der Waals surface area contributed by atoms with Crippen molar-refractivity contribution in [3.05, 3.63) is 36.5 Å². The average Bonchev–Trinajstić information content (AvgIpc) is 2.15. The molecule has 0 heterocycles. The van der Waals surface area contributed by atoms with E-state index in [1.807, 2.05) is 12.2 Å². The summed E-state index contributed by atoms with van der Waals surface area (Å²) < 4.78 is 0. The summed E-state index contributed by atoms with van der Waals surface area (Å²) in [5, 5.41) is 11.3. The first kappa shape index (κ1) is 11.2. The maximum absolute atomic E-state index is 11.0. The number of amides is 1. The summed E-state index contributed by atoms with van der Waals surface area (Å²) in [7, 11) is 0. The molecule has 1 aliphatic carbocycles. The third-order valence-corrected chi connectivity index (χ3v) is 2.03. The van der Waals surface area contributed by atoms with Gasteiger partial charge in [-0.1, -0.05) is 24.3 Å². The van der Waals surface area contributed by atoms with Crippen molar-refractivity contribution in [2.75, 3.05) is 0 Å². The van der Waals surface area contributed by atoms with Crippen LogP contribution in [0.2, 0.25) is 0 Å². The fourth-order valence-electron chi connectivity index (χ4n) is 1.44. The van der Waals surface area contributed by atoms with E-state index in [2.05, 4.69) is 5.32 Å². The lowest BCUT2D eigenvalue weighted by molar-refractivity contribution is -0.131. The van der Waals surface area contributed by atoms with E-state index in [4.69, 9.17) is 5.11 Å². The zero-order chi connectivity index (χ0) is 11.3. The Morgan fingerprint density at radius 3 is 2.67 bits per heavy atom. The molecule has 1 unspecified atom stereocenters. The van der Waals surface area contributed by atoms with Crippen molar-refractivity contribution in [3.63, 3.8) is 0 Å². The van der Waals surface area contributed by atoms with E-state index in [1.165, 1.54) is 13.0 Å². The minimum Gasteiger partial charge on any atom is -0.478 e. The van der Waals surface area contributed by atoms with Gasteiger partial charge in [0.05, 0.1) is 5.54 Å². The van der Waals surface area contributed by atoms with Crippen molar-refractivity contribution in [1.82, 2.24) is 5.32 Å². The number of carbonyl (C=O) groups is 2. The Labute approximate surface area is 88.0 Å². The second-order valence-electron chi connectivity index (χ2n) is 3.38. The minimum absolute atomic E-state index is 0.190. The molecule has 0 saturated carbocycles. The molecule has 4 nitrogen and oxygen atoms in total. The van der Waals surface area contributed by atoms with Crippen molar-refractivity contribution in [2.24, 2.45) is 0 Å². The highest BCUT2D eigenvalue weighted by Gasteiger charge is 2.24. The number of carboxylic acid groups (broad SMARTS) is 1. The number of nitrogens with one attached hydrogen (secondary N) is 1. The molecule has 0 aromatic heterocycles. The topological polar surface area (TPSA) is 66.4 Å². The van der Waals surface area contributed by atoms with E-state index in [0.29, 0.717) is 6.42 Å². The van der Waals surface area contributed by atoms with Crippen LogP contribution in [0.5, 0.6) is 0 Å². The van der Waals surface area contributed by atoms with Gasteiger partial charge in [0.2, 0.25) is 5.91 Å². The highest BCUT2D eigenvalue weighted by molar-refractivity contribution is 5.81. The van der Waals surface area contributed by atoms with Gasteiger partial charge in [0.1, 0.15) is 0 Å². The van der Waals surface area contributed by atoms with E-state index in [0.717, 1.165) is 6.08 Å². The number of carbonyl (C=O) groups excluding carboxylic acids is 1. The first-order valence-electron chi connectivity index (χ1n) is 4.59. The van der Waals surface area contributed by atoms with Crippen LogP contribution in [-0.4, -0.2) is 22.5 Å². The Kier molecular flexibility index (Phi) is 3.44. The number of rotatable bonds is 3. The van der Waals surface area contributed by atoms with Crippen LogP contribution >= 0.6 is 0 Å². The summed E-state index contributed by atoms with van der Waals surface area (Å²) in [6.07, 6.45) is 10.4. The number of aliphatic carboxylic acids is 1. The third kappa shape index (κ3) is 3.42. The van der Waals surface area contributed by atoms with Crippen LogP contribution in [0.25, 0.3) is 0 Å². The quantitative estimate of drug-likeness (QED) is 0.679. The molecule has 1 rings (SSSR count). The van der Waals surface area contributed by atoms with Crippen LogP contribution < -0.4 is 5.32 Å². The standard InChI is InChI=1S/C11H13NO3/c1-9(13)12-11(8-5-10(14)15)6-3-2-4-7-11/h2-6,8H,7H2,1H3,(H,12,13)(H,14,15)/b8-5+. The molecule has 0 spiro atoms. The Morgan fingerprint density at radius 1 is 1.47 bits per heavy atom. The molecule has 4 heteroatoms. The normalized spacial score (nSPS) is 24.3. The van der Waals surface area contributed by atoms with Crippen LogP contribution in [0.1, 0.15) is 13.3 Å². The van der Waals surface area contributed by atoms with Crippen molar-refractivity contribution in [2.45, 2.75) is 18.9 Å². The minimum atomic E-state index is -1.03. The second-order valence-corrected chi connectivity index (χ2v) is 3.38. The summed E-state index contributed by atoms with van der Waals surface area (Å²) in [6, 6.07) is 0. The first-order valence-corrected chi connectivity index (χ1v) is 4.59. The van der Waals surface area contributed by atoms with Crippen LogP contribution in [-0.2, 0) is 9.59 Å². The van der Waals surface area contributed by atoms with E-state index in [1.54, 1.807) is 12.2 Å². The first-order chi connectivity index (χ1) is 7.04. The van der Waals surface area contributed by atoms with Gasteiger partial charge in [-0.2, -0.15) is 0 Å². The zero-order valence-electron chi connectivity index (χ0n) is 8.43. The molecule has 1 amide bonds. The molecule has 1 aliphatic rings. The summed E-state index contributed by atoms with van der Waals surface area (Å²) in [6.45, 7) is 1.41. The number of hydrogen-bond acceptors (Lipinski definition) is 2. The van der Waals surface area contributed by atoms with Gasteiger partial charge in [-0.15, -0.1) is 0 Å². The van der Waals surface area contributed by atoms with Gasteiger partial charge in [-0.05, 0) is 12.5 Å². The van der Waals surface area contributed by atoms with Crippen LogP contribution in [0.15, 0.2) is 36.5 Å². The fourth-order valence-corrected chi connectivity index (χ4v) is 1.44. The number of allylic oxidation sites excluding steroid dienone is 2. The Bertz CT molecular complexity index is 355. The Balaban J connectivity index is 2.86. The van der Waals surface area contributed by atoms with E-state index in [-0.39, 0.29) is 5.91 Å². The van der Waals surface area contributed by atoms with Gasteiger partial charge in [0.15, 0.2) is 0 Å². The predicted molar refractivity (Wildman–Crippen MR) is 56.2 cm³/mol. The monoisotopic (exact) mass is 207 g/mol. The van der Waals surface area contributed by atoms with Gasteiger partial charge >= 0.3 is 5.97 Å². The molecule has 0 aromatic rings. The van der Waals surface area contributed by atoms with Gasteiger partial charge in [-0.3, -0.25) is 4.79 Å². The molecule has 0 aromatic carbocycles. The van der Waals surface area contributed by atoms with Crippen LogP contribution in [0.3, 0.4) is 0 Å². The zero-order valence-corrected chi connectivity index (χ0v) is 8.43. The lowest BCUT2D eigenvalue weighted by Crippen LogP contribution is -2.44. The molecule has 1 atom stereocenters. The lowest BCUT2D eigenvalue weighted by Gasteiger charge is -2.28. The van der Waals surface area contributed by atoms with Crippen LogP contribution in [0.4, 0.5) is 0 Å². The fraction of sp³-hybridized carbons (Fsp3) is 0.273. The summed E-state index contributed by atoms with van der Waals surface area (Å²) in [5.74, 6) is -1.22. The van der Waals surface area contributed by atoms with Gasteiger partial charge in [0.25, 0.3) is 0 Å². The summed E-state index contributed by atoms with van der Waals surface area (Å²) in [4.78, 5) is 21.4. The van der Waals surface area contributed by atoms with Gasteiger partial charge in [0, 0.05) is 13.0 Å². The molecular weight excluding hydrogens is 194 g/mol. The largest absolute Gasteiger partial charge is 0.478 e. The van der Waals surface area contributed by atoms with Crippen molar-refractivity contribution < 1.29 is 14.7 Å². The highest BCUT2D eigenvalue weighted by Crippen LogP contribution is 2.19. The molecule has 2 N–H and O–H groups in total. The molecule has 0 fully saturated rings. The molecule has 15 heavy (non-hydrogen) atoms.